The van der Waals surface area contributed by atoms with Crippen molar-refractivity contribution in [1.29, 1.82) is 5.26 Å². The first-order valence-electron chi connectivity index (χ1n) is 10.3. The number of carbonyl (C=O) groups excluding carboxylic acids is 1. The lowest BCUT2D eigenvalue weighted by atomic mass is 10.1. The summed E-state index contributed by atoms with van der Waals surface area (Å²) in [5.74, 6) is 0.716. The van der Waals surface area contributed by atoms with Crippen molar-refractivity contribution in [1.82, 2.24) is 4.98 Å². The van der Waals surface area contributed by atoms with Crippen LogP contribution in [0.3, 0.4) is 0 Å². The number of aromatic nitrogens is 1. The number of methoxy groups -OCH3 is 2. The van der Waals surface area contributed by atoms with Gasteiger partial charge in [0.15, 0.2) is 0 Å². The number of nitrogens with zero attached hydrogens (tertiary/aromatic N) is 2. The molecule has 1 aliphatic carbocycles. The van der Waals surface area contributed by atoms with Gasteiger partial charge in [0, 0.05) is 11.8 Å². The first-order valence-corrected chi connectivity index (χ1v) is 11.6. The number of amides is 1. The molecule has 1 atom stereocenters. The van der Waals surface area contributed by atoms with Crippen molar-refractivity contribution >= 4 is 35.0 Å². The minimum absolute atomic E-state index is 0.201. The molecular formula is C23H26ClN3O3S. The van der Waals surface area contributed by atoms with Crippen molar-refractivity contribution in [2.45, 2.75) is 55.7 Å². The highest BCUT2D eigenvalue weighted by molar-refractivity contribution is 8.00. The zero-order chi connectivity index (χ0) is 22.4. The van der Waals surface area contributed by atoms with Crippen molar-refractivity contribution in [3.05, 3.63) is 40.0 Å². The van der Waals surface area contributed by atoms with Crippen LogP contribution < -0.4 is 14.8 Å². The van der Waals surface area contributed by atoms with Crippen LogP contribution in [-0.2, 0) is 17.6 Å². The fourth-order valence-electron chi connectivity index (χ4n) is 3.59. The molecule has 8 heteroatoms. The van der Waals surface area contributed by atoms with Crippen molar-refractivity contribution in [3.63, 3.8) is 0 Å². The molecule has 2 aromatic rings. The second-order valence-corrected chi connectivity index (χ2v) is 8.91. The second-order valence-electron chi connectivity index (χ2n) is 7.31. The maximum absolute atomic E-state index is 13.1. The summed E-state index contributed by atoms with van der Waals surface area (Å²) in [5.41, 5.74) is 3.21. The summed E-state index contributed by atoms with van der Waals surface area (Å²) in [5, 5.41) is 13.1. The van der Waals surface area contributed by atoms with E-state index < -0.39 is 5.25 Å². The molecule has 0 aliphatic heterocycles. The number of nitriles is 1. The van der Waals surface area contributed by atoms with Gasteiger partial charge in [-0.15, -0.1) is 0 Å². The Kier molecular flexibility index (Phi) is 8.05. The number of fused-ring (bicyclic) bond motifs is 1. The Morgan fingerprint density at radius 3 is 2.65 bits per heavy atom. The van der Waals surface area contributed by atoms with Crippen LogP contribution in [0, 0.1) is 11.3 Å². The third-order valence-corrected chi connectivity index (χ3v) is 6.95. The van der Waals surface area contributed by atoms with Crippen LogP contribution in [0.4, 0.5) is 5.69 Å². The van der Waals surface area contributed by atoms with E-state index in [1.807, 2.05) is 13.0 Å². The van der Waals surface area contributed by atoms with Gasteiger partial charge in [-0.25, -0.2) is 4.98 Å². The van der Waals surface area contributed by atoms with Gasteiger partial charge in [-0.2, -0.15) is 5.26 Å². The summed E-state index contributed by atoms with van der Waals surface area (Å²) in [6, 6.07) is 7.45. The van der Waals surface area contributed by atoms with Crippen molar-refractivity contribution < 1.29 is 14.3 Å². The molecular weight excluding hydrogens is 434 g/mol. The van der Waals surface area contributed by atoms with E-state index in [-0.39, 0.29) is 5.91 Å². The normalized spacial score (nSPS) is 14.0. The van der Waals surface area contributed by atoms with E-state index in [0.717, 1.165) is 36.9 Å². The number of ether oxygens (including phenoxy) is 2. The molecule has 164 valence electrons. The molecule has 1 aromatic heterocycles. The summed E-state index contributed by atoms with van der Waals surface area (Å²) < 4.78 is 10.6. The molecule has 0 radical (unpaired) electrons. The minimum Gasteiger partial charge on any atom is -0.495 e. The van der Waals surface area contributed by atoms with Crippen LogP contribution in [-0.4, -0.2) is 30.4 Å². The summed E-state index contributed by atoms with van der Waals surface area (Å²) in [6.45, 7) is 1.94. The lowest BCUT2D eigenvalue weighted by molar-refractivity contribution is -0.115. The van der Waals surface area contributed by atoms with Crippen LogP contribution >= 0.6 is 23.4 Å². The summed E-state index contributed by atoms with van der Waals surface area (Å²) in [6.07, 6.45) is 5.85. The van der Waals surface area contributed by atoms with Crippen LogP contribution in [0.15, 0.2) is 23.2 Å². The van der Waals surface area contributed by atoms with Gasteiger partial charge >= 0.3 is 0 Å². The number of anilines is 1. The zero-order valence-corrected chi connectivity index (χ0v) is 19.5. The van der Waals surface area contributed by atoms with Gasteiger partial charge < -0.3 is 14.8 Å². The van der Waals surface area contributed by atoms with E-state index >= 15 is 0 Å². The van der Waals surface area contributed by atoms with E-state index in [9.17, 15) is 10.1 Å². The highest BCUT2D eigenvalue weighted by Crippen LogP contribution is 2.37. The average Bonchev–Trinajstić information content (AvgIpc) is 3.01. The highest BCUT2D eigenvalue weighted by Gasteiger charge is 2.24. The van der Waals surface area contributed by atoms with E-state index in [4.69, 9.17) is 26.1 Å². The predicted octanol–water partition coefficient (Wildman–Crippen LogP) is 5.40. The number of carbonyl (C=O) groups is 1. The molecule has 1 N–H and O–H groups in total. The number of thioether (sulfide) groups is 1. The molecule has 6 nitrogen and oxygen atoms in total. The third kappa shape index (κ3) is 5.44. The molecule has 0 spiro atoms. The first-order chi connectivity index (χ1) is 15.0. The SMILES string of the molecule is CCC(Sc1nc2c(cc1C#N)CCCCC2)C(=O)Nc1cc(Cl)c(OC)cc1OC. The van der Waals surface area contributed by atoms with Gasteiger partial charge in [-0.1, -0.05) is 36.7 Å². The molecule has 0 fully saturated rings. The topological polar surface area (TPSA) is 84.2 Å². The highest BCUT2D eigenvalue weighted by atomic mass is 35.5. The molecule has 1 aromatic carbocycles. The van der Waals surface area contributed by atoms with Gasteiger partial charge in [-0.3, -0.25) is 4.79 Å². The Hall–Kier alpha value is -2.43. The van der Waals surface area contributed by atoms with Crippen LogP contribution in [0.1, 0.15) is 49.4 Å². The van der Waals surface area contributed by atoms with Crippen molar-refractivity contribution in [2.75, 3.05) is 19.5 Å². The maximum atomic E-state index is 13.1. The Morgan fingerprint density at radius 2 is 1.97 bits per heavy atom. The maximum Gasteiger partial charge on any atom is 0.238 e. The fourth-order valence-corrected chi connectivity index (χ4v) is 4.83. The predicted molar refractivity (Wildman–Crippen MR) is 123 cm³/mol. The van der Waals surface area contributed by atoms with Crippen LogP contribution in [0.2, 0.25) is 5.02 Å². The van der Waals surface area contributed by atoms with E-state index in [2.05, 4.69) is 11.4 Å². The number of halogens is 1. The van der Waals surface area contributed by atoms with Gasteiger partial charge in [0.2, 0.25) is 5.91 Å². The Bertz CT molecular complexity index is 1010. The Balaban J connectivity index is 1.83. The molecule has 1 heterocycles. The minimum atomic E-state index is -0.422. The summed E-state index contributed by atoms with van der Waals surface area (Å²) in [7, 11) is 3.03. The molecule has 3 rings (SSSR count). The molecule has 0 bridgehead atoms. The quantitative estimate of drug-likeness (QED) is 0.440. The Labute approximate surface area is 192 Å². The van der Waals surface area contributed by atoms with Crippen molar-refractivity contribution in [2.24, 2.45) is 0 Å². The smallest absolute Gasteiger partial charge is 0.238 e. The molecule has 1 aliphatic rings. The number of rotatable bonds is 7. The van der Waals surface area contributed by atoms with Gasteiger partial charge in [0.25, 0.3) is 0 Å². The van der Waals surface area contributed by atoms with E-state index in [1.165, 1.54) is 32.4 Å². The number of hydrogen-bond donors (Lipinski definition) is 1. The number of hydrogen-bond acceptors (Lipinski definition) is 6. The van der Waals surface area contributed by atoms with Gasteiger partial charge in [-0.05, 0) is 49.8 Å². The third-order valence-electron chi connectivity index (χ3n) is 5.29. The van der Waals surface area contributed by atoms with E-state index in [0.29, 0.717) is 39.2 Å². The van der Waals surface area contributed by atoms with Crippen molar-refractivity contribution in [3.8, 4) is 17.6 Å². The number of pyridine rings is 1. The second kappa shape index (κ2) is 10.7. The molecule has 1 amide bonds. The van der Waals surface area contributed by atoms with Crippen LogP contribution in [0.5, 0.6) is 11.5 Å². The lowest BCUT2D eigenvalue weighted by Gasteiger charge is -2.18. The zero-order valence-electron chi connectivity index (χ0n) is 18.0. The monoisotopic (exact) mass is 459 g/mol. The number of benzene rings is 1. The largest absolute Gasteiger partial charge is 0.495 e. The number of nitrogens with one attached hydrogen (secondary N) is 1. The number of aryl methyl sites for hydroxylation is 2. The summed E-state index contributed by atoms with van der Waals surface area (Å²) >= 11 is 7.55. The van der Waals surface area contributed by atoms with Gasteiger partial charge in [0.1, 0.15) is 22.6 Å². The summed E-state index contributed by atoms with van der Waals surface area (Å²) in [4.78, 5) is 17.8. The standard InChI is InChI=1S/C23H26ClN3O3S/c1-4-21(22(28)26-18-11-16(24)19(29-2)12-20(18)30-3)31-23-15(13-25)10-14-8-6-5-7-9-17(14)27-23/h10-12,21H,4-9H2,1-3H3,(H,26,28). The lowest BCUT2D eigenvalue weighted by Crippen LogP contribution is -2.25. The molecule has 1 unspecified atom stereocenters. The Morgan fingerprint density at radius 1 is 1.23 bits per heavy atom. The molecule has 31 heavy (non-hydrogen) atoms. The van der Waals surface area contributed by atoms with Gasteiger partial charge in [0.05, 0.1) is 35.7 Å². The van der Waals surface area contributed by atoms with Crippen LogP contribution in [0.25, 0.3) is 0 Å². The first kappa shape index (κ1) is 23.2. The molecule has 0 saturated heterocycles. The van der Waals surface area contributed by atoms with E-state index in [1.54, 1.807) is 12.1 Å². The average molecular weight is 460 g/mol. The molecule has 0 saturated carbocycles. The fraction of sp³-hybridized carbons (Fsp3) is 0.435.